The molecular formula is C14H11Cl2N3O2. The molecule has 2 aromatic rings. The molecule has 1 aromatic carbocycles. The lowest BCUT2D eigenvalue weighted by Gasteiger charge is -2.08. The number of carbonyl (C=O) groups is 2. The average molecular weight is 324 g/mol. The minimum Gasteiger partial charge on any atom is -0.273 e. The van der Waals surface area contributed by atoms with Crippen molar-refractivity contribution in [3.05, 3.63) is 63.9 Å². The van der Waals surface area contributed by atoms with E-state index in [1.807, 2.05) is 0 Å². The molecule has 0 unspecified atom stereocenters. The zero-order valence-electron chi connectivity index (χ0n) is 10.8. The molecule has 21 heavy (non-hydrogen) atoms. The fraction of sp³-hybridized carbons (Fsp3) is 0.0714. The lowest BCUT2D eigenvalue weighted by atomic mass is 10.2. The standard InChI is InChI=1S/C14H11Cl2N3O2/c15-11-4-3-10(7-12(11)16)14(21)19-18-13(20)6-9-2-1-5-17-8-9/h1-5,7-8H,6H2,(H,18,20)(H,19,21). The number of nitrogens with zero attached hydrogens (tertiary/aromatic N) is 1. The molecule has 1 heterocycles. The second kappa shape index (κ2) is 7.06. The van der Waals surface area contributed by atoms with Gasteiger partial charge in [0.1, 0.15) is 0 Å². The molecule has 2 amide bonds. The first kappa shape index (κ1) is 15.3. The van der Waals surface area contributed by atoms with Crippen molar-refractivity contribution in [2.24, 2.45) is 0 Å². The number of nitrogens with one attached hydrogen (secondary N) is 2. The van der Waals surface area contributed by atoms with Gasteiger partial charge in [0.2, 0.25) is 5.91 Å². The molecule has 2 rings (SSSR count). The summed E-state index contributed by atoms with van der Waals surface area (Å²) in [4.78, 5) is 27.4. The first-order valence-electron chi connectivity index (χ1n) is 5.99. The van der Waals surface area contributed by atoms with Gasteiger partial charge in [-0.2, -0.15) is 0 Å². The van der Waals surface area contributed by atoms with Gasteiger partial charge < -0.3 is 0 Å². The summed E-state index contributed by atoms with van der Waals surface area (Å²) >= 11 is 11.6. The highest BCUT2D eigenvalue weighted by Gasteiger charge is 2.09. The minimum atomic E-state index is -0.479. The lowest BCUT2D eigenvalue weighted by Crippen LogP contribution is -2.42. The van der Waals surface area contributed by atoms with Crippen molar-refractivity contribution >= 4 is 35.0 Å². The molecule has 0 aliphatic heterocycles. The Morgan fingerprint density at radius 3 is 2.57 bits per heavy atom. The molecular weight excluding hydrogens is 313 g/mol. The van der Waals surface area contributed by atoms with Crippen molar-refractivity contribution in [3.8, 4) is 0 Å². The van der Waals surface area contributed by atoms with Crippen molar-refractivity contribution in [3.63, 3.8) is 0 Å². The first-order valence-corrected chi connectivity index (χ1v) is 6.75. The van der Waals surface area contributed by atoms with Crippen LogP contribution in [0.1, 0.15) is 15.9 Å². The molecule has 0 atom stereocenters. The van der Waals surface area contributed by atoms with E-state index in [-0.39, 0.29) is 17.4 Å². The summed E-state index contributed by atoms with van der Waals surface area (Å²) in [5, 5.41) is 0.625. The Hall–Kier alpha value is -2.11. The van der Waals surface area contributed by atoms with Gasteiger partial charge in [0.05, 0.1) is 16.5 Å². The number of hydrogen-bond donors (Lipinski definition) is 2. The van der Waals surface area contributed by atoms with Crippen LogP contribution >= 0.6 is 23.2 Å². The van der Waals surface area contributed by atoms with Crippen LogP contribution in [0.5, 0.6) is 0 Å². The van der Waals surface area contributed by atoms with Crippen LogP contribution < -0.4 is 10.9 Å². The summed E-state index contributed by atoms with van der Waals surface area (Å²) < 4.78 is 0. The van der Waals surface area contributed by atoms with Crippen LogP contribution in [0.3, 0.4) is 0 Å². The van der Waals surface area contributed by atoms with E-state index in [1.165, 1.54) is 18.2 Å². The number of carbonyl (C=O) groups excluding carboxylic acids is 2. The van der Waals surface area contributed by atoms with E-state index in [4.69, 9.17) is 23.2 Å². The van der Waals surface area contributed by atoms with E-state index in [2.05, 4.69) is 15.8 Å². The number of aromatic nitrogens is 1. The third-order valence-corrected chi connectivity index (χ3v) is 3.32. The largest absolute Gasteiger partial charge is 0.273 e. The van der Waals surface area contributed by atoms with Gasteiger partial charge in [-0.05, 0) is 29.8 Å². The van der Waals surface area contributed by atoms with E-state index in [0.29, 0.717) is 10.6 Å². The number of amides is 2. The third-order valence-electron chi connectivity index (χ3n) is 2.58. The minimum absolute atomic E-state index is 0.121. The summed E-state index contributed by atoms with van der Waals surface area (Å²) in [6.45, 7) is 0. The smallest absolute Gasteiger partial charge is 0.269 e. The van der Waals surface area contributed by atoms with Crippen LogP contribution in [-0.4, -0.2) is 16.8 Å². The zero-order valence-corrected chi connectivity index (χ0v) is 12.3. The van der Waals surface area contributed by atoms with Crippen molar-refractivity contribution in [2.75, 3.05) is 0 Å². The van der Waals surface area contributed by atoms with Crippen LogP contribution in [0.4, 0.5) is 0 Å². The van der Waals surface area contributed by atoms with Crippen molar-refractivity contribution in [2.45, 2.75) is 6.42 Å². The van der Waals surface area contributed by atoms with Crippen LogP contribution in [0.25, 0.3) is 0 Å². The predicted octanol–water partition coefficient (Wildman–Crippen LogP) is 2.39. The van der Waals surface area contributed by atoms with E-state index in [1.54, 1.807) is 24.5 Å². The molecule has 0 aliphatic rings. The topological polar surface area (TPSA) is 71.1 Å². The Labute approximate surface area is 131 Å². The monoisotopic (exact) mass is 323 g/mol. The quantitative estimate of drug-likeness (QED) is 0.852. The van der Waals surface area contributed by atoms with Gasteiger partial charge in [0, 0.05) is 18.0 Å². The van der Waals surface area contributed by atoms with Gasteiger partial charge in [0.15, 0.2) is 0 Å². The molecule has 0 radical (unpaired) electrons. The van der Waals surface area contributed by atoms with Crippen molar-refractivity contribution < 1.29 is 9.59 Å². The summed E-state index contributed by atoms with van der Waals surface area (Å²) in [7, 11) is 0. The Bertz CT molecular complexity index is 663. The van der Waals surface area contributed by atoms with Crippen molar-refractivity contribution in [1.29, 1.82) is 0 Å². The lowest BCUT2D eigenvalue weighted by molar-refractivity contribution is -0.121. The Balaban J connectivity index is 1.89. The number of halogens is 2. The van der Waals surface area contributed by atoms with Gasteiger partial charge in [-0.15, -0.1) is 0 Å². The molecule has 0 bridgehead atoms. The van der Waals surface area contributed by atoms with Crippen molar-refractivity contribution in [1.82, 2.24) is 15.8 Å². The fourth-order valence-electron chi connectivity index (χ4n) is 1.57. The number of hydrogen-bond acceptors (Lipinski definition) is 3. The van der Waals surface area contributed by atoms with Crippen LogP contribution in [-0.2, 0) is 11.2 Å². The molecule has 5 nitrogen and oxygen atoms in total. The maximum atomic E-state index is 11.8. The van der Waals surface area contributed by atoms with Crippen LogP contribution in [0.2, 0.25) is 10.0 Å². The van der Waals surface area contributed by atoms with Crippen LogP contribution in [0.15, 0.2) is 42.7 Å². The normalized spacial score (nSPS) is 10.0. The Kier molecular flexibility index (Phi) is 5.14. The van der Waals surface area contributed by atoms with E-state index in [9.17, 15) is 9.59 Å². The summed E-state index contributed by atoms with van der Waals surface area (Å²) in [5.41, 5.74) is 5.67. The number of pyridine rings is 1. The van der Waals surface area contributed by atoms with Crippen LogP contribution in [0, 0.1) is 0 Å². The van der Waals surface area contributed by atoms with Gasteiger partial charge >= 0.3 is 0 Å². The molecule has 0 spiro atoms. The maximum absolute atomic E-state index is 11.8. The highest BCUT2D eigenvalue weighted by molar-refractivity contribution is 6.42. The van der Waals surface area contributed by atoms with Gasteiger partial charge in [-0.3, -0.25) is 25.4 Å². The first-order chi connectivity index (χ1) is 10.1. The average Bonchev–Trinajstić information content (AvgIpc) is 2.48. The SMILES string of the molecule is O=C(Cc1cccnc1)NNC(=O)c1ccc(Cl)c(Cl)c1. The molecule has 1 aromatic heterocycles. The third kappa shape index (κ3) is 4.44. The summed E-state index contributed by atoms with van der Waals surface area (Å²) in [6, 6.07) is 7.95. The summed E-state index contributed by atoms with van der Waals surface area (Å²) in [6.07, 6.45) is 3.32. The molecule has 7 heteroatoms. The van der Waals surface area contributed by atoms with E-state index in [0.717, 1.165) is 5.56 Å². The number of benzene rings is 1. The van der Waals surface area contributed by atoms with E-state index < -0.39 is 5.91 Å². The van der Waals surface area contributed by atoms with Gasteiger partial charge in [-0.25, -0.2) is 0 Å². The molecule has 108 valence electrons. The second-order valence-electron chi connectivity index (χ2n) is 4.17. The second-order valence-corrected chi connectivity index (χ2v) is 4.98. The summed E-state index contributed by atoms with van der Waals surface area (Å²) in [5.74, 6) is -0.829. The number of rotatable bonds is 3. The molecule has 0 saturated heterocycles. The fourth-order valence-corrected chi connectivity index (χ4v) is 1.87. The maximum Gasteiger partial charge on any atom is 0.269 e. The highest BCUT2D eigenvalue weighted by atomic mass is 35.5. The zero-order chi connectivity index (χ0) is 15.2. The van der Waals surface area contributed by atoms with E-state index >= 15 is 0 Å². The Morgan fingerprint density at radius 1 is 1.10 bits per heavy atom. The highest BCUT2D eigenvalue weighted by Crippen LogP contribution is 2.22. The predicted molar refractivity (Wildman–Crippen MR) is 80.0 cm³/mol. The molecule has 0 aliphatic carbocycles. The van der Waals surface area contributed by atoms with Gasteiger partial charge in [0.25, 0.3) is 5.91 Å². The number of hydrazine groups is 1. The molecule has 0 saturated carbocycles. The van der Waals surface area contributed by atoms with Gasteiger partial charge in [-0.1, -0.05) is 29.3 Å². The molecule has 2 N–H and O–H groups in total. The molecule has 0 fully saturated rings. The Morgan fingerprint density at radius 2 is 1.90 bits per heavy atom.